The van der Waals surface area contributed by atoms with Gasteiger partial charge in [-0.05, 0) is 96.7 Å². The van der Waals surface area contributed by atoms with Gasteiger partial charge in [0.05, 0.1) is 11.6 Å². The average molecular weight is 803 g/mol. The van der Waals surface area contributed by atoms with Gasteiger partial charge in [0.25, 0.3) is 0 Å². The van der Waals surface area contributed by atoms with Crippen LogP contribution in [0.5, 0.6) is 5.75 Å². The number of methoxy groups -OCH3 is 1. The summed E-state index contributed by atoms with van der Waals surface area (Å²) >= 11 is 0. The Bertz CT molecular complexity index is 2430. The number of likely N-dealkylation sites (tertiary alicyclic amines) is 1. The Kier molecular flexibility index (Phi) is 13.2. The Balaban J connectivity index is 0.778. The van der Waals surface area contributed by atoms with Crippen molar-refractivity contribution in [2.24, 2.45) is 5.92 Å². The van der Waals surface area contributed by atoms with Crippen molar-refractivity contribution in [1.29, 1.82) is 0 Å². The molecule has 0 radical (unpaired) electrons. The SMILES string of the molecule is COC(CNCCc1ccc(CCN2CCC(Cn3cnc(C(O)(c4ccccc4)c4ccccc4)n3)CC2)cc1)c1ccc(OCc2ccccc2)c2[nH]c(=O)ccc12. The molecule has 0 saturated carbocycles. The minimum atomic E-state index is -1.42. The maximum atomic E-state index is 12.3. The first-order chi connectivity index (χ1) is 29.5. The zero-order chi connectivity index (χ0) is 41.2. The van der Waals surface area contributed by atoms with Crippen LogP contribution in [0.1, 0.15) is 58.2 Å². The van der Waals surface area contributed by atoms with Crippen molar-refractivity contribution in [1.82, 2.24) is 30.0 Å². The molecular weight excluding hydrogens is 749 g/mol. The zero-order valence-corrected chi connectivity index (χ0v) is 34.3. The van der Waals surface area contributed by atoms with Crippen LogP contribution in [-0.2, 0) is 36.3 Å². The van der Waals surface area contributed by atoms with E-state index in [9.17, 15) is 9.90 Å². The Morgan fingerprint density at radius 3 is 2.12 bits per heavy atom. The number of aromatic amines is 1. The van der Waals surface area contributed by atoms with Crippen molar-refractivity contribution < 1.29 is 14.6 Å². The summed E-state index contributed by atoms with van der Waals surface area (Å²) in [7, 11) is 1.72. The molecule has 0 amide bonds. The fraction of sp³-hybridized carbons (Fsp3) is 0.300. The summed E-state index contributed by atoms with van der Waals surface area (Å²) in [6, 6.07) is 45.7. The van der Waals surface area contributed by atoms with Gasteiger partial charge in [0.1, 0.15) is 18.7 Å². The lowest BCUT2D eigenvalue weighted by Crippen LogP contribution is -2.36. The van der Waals surface area contributed by atoms with E-state index in [1.807, 2.05) is 114 Å². The Morgan fingerprint density at radius 1 is 0.800 bits per heavy atom. The molecule has 1 aliphatic heterocycles. The second-order valence-corrected chi connectivity index (χ2v) is 15.8. The highest BCUT2D eigenvalue weighted by Gasteiger charge is 2.38. The van der Waals surface area contributed by atoms with E-state index >= 15 is 0 Å². The monoisotopic (exact) mass is 802 g/mol. The highest BCUT2D eigenvalue weighted by Crippen LogP contribution is 2.35. The van der Waals surface area contributed by atoms with Crippen LogP contribution in [0, 0.1) is 5.92 Å². The van der Waals surface area contributed by atoms with Crippen molar-refractivity contribution in [3.63, 3.8) is 0 Å². The van der Waals surface area contributed by atoms with E-state index in [0.717, 1.165) is 86.0 Å². The van der Waals surface area contributed by atoms with Gasteiger partial charge >= 0.3 is 0 Å². The molecule has 7 aromatic rings. The molecule has 1 atom stereocenters. The summed E-state index contributed by atoms with van der Waals surface area (Å²) in [5.74, 6) is 1.55. The molecule has 3 N–H and O–H groups in total. The van der Waals surface area contributed by atoms with Gasteiger partial charge in [-0.2, -0.15) is 5.10 Å². The number of ether oxygens (including phenoxy) is 2. The van der Waals surface area contributed by atoms with Crippen LogP contribution >= 0.6 is 0 Å². The van der Waals surface area contributed by atoms with Crippen LogP contribution in [-0.4, -0.2) is 69.6 Å². The van der Waals surface area contributed by atoms with E-state index in [2.05, 4.69) is 44.5 Å². The third-order valence-electron chi connectivity index (χ3n) is 11.8. The van der Waals surface area contributed by atoms with Gasteiger partial charge in [0, 0.05) is 38.2 Å². The summed E-state index contributed by atoms with van der Waals surface area (Å²) in [4.78, 5) is 22.5. The van der Waals surface area contributed by atoms with E-state index in [1.54, 1.807) is 19.5 Å². The van der Waals surface area contributed by atoms with Gasteiger partial charge in [-0.3, -0.25) is 9.48 Å². The predicted octanol–water partition coefficient (Wildman–Crippen LogP) is 7.46. The minimum Gasteiger partial charge on any atom is -0.487 e. The molecule has 1 saturated heterocycles. The fourth-order valence-corrected chi connectivity index (χ4v) is 8.32. The van der Waals surface area contributed by atoms with Crippen molar-refractivity contribution >= 4 is 10.9 Å². The number of fused-ring (bicyclic) bond motifs is 1. The Hall–Kier alpha value is -5.91. The molecule has 5 aromatic carbocycles. The number of H-pyrrole nitrogens is 1. The van der Waals surface area contributed by atoms with Crippen LogP contribution in [0.25, 0.3) is 10.9 Å². The summed E-state index contributed by atoms with van der Waals surface area (Å²) in [5, 5.41) is 21.4. The number of piperidine rings is 1. The van der Waals surface area contributed by atoms with Crippen molar-refractivity contribution in [2.45, 2.75) is 50.5 Å². The standard InChI is InChI=1S/C50H54N6O4/c1-59-46(43-21-23-45(48-44(43)22-24-47(57)53-48)60-35-40-11-5-2-6-12-40)33-51-29-25-37-17-19-38(20-18-37)26-30-55-31-27-39(28-32-55)34-56-36-52-49(54-56)50(58,41-13-7-3-8-14-41)42-15-9-4-10-16-42/h2-24,36,39,46,51,58H,25-35H2,1H3,(H,53,57). The third-order valence-corrected chi connectivity index (χ3v) is 11.8. The van der Waals surface area contributed by atoms with Gasteiger partial charge in [0.2, 0.25) is 5.56 Å². The summed E-state index contributed by atoms with van der Waals surface area (Å²) < 4.78 is 14.0. The van der Waals surface area contributed by atoms with Crippen molar-refractivity contribution in [3.8, 4) is 5.75 Å². The molecule has 10 heteroatoms. The first-order valence-corrected chi connectivity index (χ1v) is 21.1. The highest BCUT2D eigenvalue weighted by atomic mass is 16.5. The lowest BCUT2D eigenvalue weighted by atomic mass is 9.86. The molecule has 0 spiro atoms. The number of aromatic nitrogens is 4. The molecule has 0 bridgehead atoms. The van der Waals surface area contributed by atoms with E-state index in [-0.39, 0.29) is 11.7 Å². The summed E-state index contributed by atoms with van der Waals surface area (Å²) in [6.07, 6.45) is 5.72. The minimum absolute atomic E-state index is 0.169. The lowest BCUT2D eigenvalue weighted by Gasteiger charge is -2.32. The molecule has 308 valence electrons. The quantitative estimate of drug-likeness (QED) is 0.0767. The van der Waals surface area contributed by atoms with Crippen LogP contribution in [0.2, 0.25) is 0 Å². The van der Waals surface area contributed by atoms with Gasteiger partial charge in [-0.1, -0.05) is 121 Å². The molecule has 1 unspecified atom stereocenters. The second kappa shape index (κ2) is 19.4. The first kappa shape index (κ1) is 40.9. The van der Waals surface area contributed by atoms with Gasteiger partial charge in [-0.25, -0.2) is 4.98 Å². The van der Waals surface area contributed by atoms with Crippen LogP contribution in [0.15, 0.2) is 151 Å². The molecule has 2 aromatic heterocycles. The molecular formula is C50H54N6O4. The number of hydrogen-bond acceptors (Lipinski definition) is 8. The largest absolute Gasteiger partial charge is 0.487 e. The zero-order valence-electron chi connectivity index (χ0n) is 34.3. The number of nitrogens with zero attached hydrogens (tertiary/aromatic N) is 4. The molecule has 0 aliphatic carbocycles. The summed E-state index contributed by atoms with van der Waals surface area (Å²) in [5.41, 5.74) is 5.30. The van der Waals surface area contributed by atoms with Crippen molar-refractivity contribution in [2.75, 3.05) is 39.8 Å². The topological polar surface area (TPSA) is 118 Å². The van der Waals surface area contributed by atoms with E-state index in [4.69, 9.17) is 14.6 Å². The molecule has 3 heterocycles. The number of nitrogens with one attached hydrogen (secondary N) is 2. The predicted molar refractivity (Wildman–Crippen MR) is 236 cm³/mol. The Morgan fingerprint density at radius 2 is 1.45 bits per heavy atom. The van der Waals surface area contributed by atoms with E-state index < -0.39 is 5.60 Å². The number of benzene rings is 5. The van der Waals surface area contributed by atoms with Gasteiger partial charge in [-0.15, -0.1) is 0 Å². The maximum absolute atomic E-state index is 12.3. The molecule has 60 heavy (non-hydrogen) atoms. The van der Waals surface area contributed by atoms with Crippen LogP contribution in [0.3, 0.4) is 0 Å². The highest BCUT2D eigenvalue weighted by molar-refractivity contribution is 5.87. The molecule has 1 aliphatic rings. The fourth-order valence-electron chi connectivity index (χ4n) is 8.32. The third kappa shape index (κ3) is 9.75. The second-order valence-electron chi connectivity index (χ2n) is 15.8. The summed E-state index contributed by atoms with van der Waals surface area (Å²) in [6.45, 7) is 5.83. The Labute approximate surface area is 351 Å². The number of aliphatic hydroxyl groups is 1. The average Bonchev–Trinajstić information content (AvgIpc) is 3.78. The number of pyridine rings is 1. The first-order valence-electron chi connectivity index (χ1n) is 21.1. The number of hydrogen-bond donors (Lipinski definition) is 3. The molecule has 10 nitrogen and oxygen atoms in total. The molecule has 1 fully saturated rings. The van der Waals surface area contributed by atoms with Crippen LogP contribution in [0.4, 0.5) is 0 Å². The van der Waals surface area contributed by atoms with Gasteiger partial charge in [0.15, 0.2) is 11.4 Å². The number of rotatable bonds is 18. The molecule has 8 rings (SSSR count). The van der Waals surface area contributed by atoms with E-state index in [1.165, 1.54) is 11.1 Å². The van der Waals surface area contributed by atoms with Crippen molar-refractivity contribution in [3.05, 3.63) is 195 Å². The van der Waals surface area contributed by atoms with Crippen LogP contribution < -0.4 is 15.6 Å². The van der Waals surface area contributed by atoms with Gasteiger partial charge < -0.3 is 29.8 Å². The maximum Gasteiger partial charge on any atom is 0.248 e. The van der Waals surface area contributed by atoms with E-state index in [0.29, 0.717) is 36.2 Å². The smallest absolute Gasteiger partial charge is 0.248 e. The normalized spacial score (nSPS) is 14.4. The lowest BCUT2D eigenvalue weighted by molar-refractivity contribution is 0.104.